The summed E-state index contributed by atoms with van der Waals surface area (Å²) in [7, 11) is 0. The predicted molar refractivity (Wildman–Crippen MR) is 117 cm³/mol. The second kappa shape index (κ2) is 16.2. The summed E-state index contributed by atoms with van der Waals surface area (Å²) in [6.45, 7) is 7.99. The van der Waals surface area contributed by atoms with Crippen molar-refractivity contribution in [2.24, 2.45) is 11.7 Å². The highest BCUT2D eigenvalue weighted by Crippen LogP contribution is 2.09. The van der Waals surface area contributed by atoms with E-state index in [9.17, 15) is 19.2 Å². The molecule has 0 bridgehead atoms. The second-order valence-electron chi connectivity index (χ2n) is 7.78. The van der Waals surface area contributed by atoms with E-state index >= 15 is 0 Å². The third-order valence-electron chi connectivity index (χ3n) is 4.51. The van der Waals surface area contributed by atoms with Crippen molar-refractivity contribution < 1.29 is 19.2 Å². The molecule has 0 heterocycles. The minimum atomic E-state index is -0.782. The molecule has 5 amide bonds. The molecule has 0 spiro atoms. The Morgan fingerprint density at radius 3 is 2.23 bits per heavy atom. The van der Waals surface area contributed by atoms with Crippen molar-refractivity contribution >= 4 is 23.8 Å². The van der Waals surface area contributed by atoms with Crippen molar-refractivity contribution in [2.45, 2.75) is 78.7 Å². The van der Waals surface area contributed by atoms with Gasteiger partial charge < -0.3 is 27.0 Å². The molecule has 1 atom stereocenters. The highest BCUT2D eigenvalue weighted by Gasteiger charge is 2.20. The van der Waals surface area contributed by atoms with E-state index in [1.165, 1.54) is 0 Å². The van der Waals surface area contributed by atoms with Gasteiger partial charge in [0.25, 0.3) is 0 Å². The van der Waals surface area contributed by atoms with Gasteiger partial charge in [-0.05, 0) is 39.0 Å². The van der Waals surface area contributed by atoms with Crippen molar-refractivity contribution in [1.82, 2.24) is 21.3 Å². The maximum absolute atomic E-state index is 12.4. The molecular formula is C21H39N5O4. The van der Waals surface area contributed by atoms with Crippen LogP contribution < -0.4 is 27.0 Å². The molecule has 0 aromatic rings. The topological polar surface area (TPSA) is 142 Å². The van der Waals surface area contributed by atoms with E-state index in [0.29, 0.717) is 37.4 Å². The Kier molecular flexibility index (Phi) is 14.8. The van der Waals surface area contributed by atoms with E-state index in [0.717, 1.165) is 25.7 Å². The number of hydrogen-bond acceptors (Lipinski definition) is 4. The van der Waals surface area contributed by atoms with E-state index in [1.807, 2.05) is 0 Å². The lowest BCUT2D eigenvalue weighted by atomic mass is 10.0. The highest BCUT2D eigenvalue weighted by molar-refractivity contribution is 5.90. The molecular weight excluding hydrogens is 386 g/mol. The largest absolute Gasteiger partial charge is 0.352 e. The lowest BCUT2D eigenvalue weighted by molar-refractivity contribution is -0.129. The fraction of sp³-hybridized carbons (Fsp3) is 0.714. The van der Waals surface area contributed by atoms with Crippen LogP contribution in [0.15, 0.2) is 11.8 Å². The number of hydrogen-bond donors (Lipinski definition) is 5. The van der Waals surface area contributed by atoms with Crippen LogP contribution in [-0.4, -0.2) is 42.9 Å². The molecule has 0 fully saturated rings. The van der Waals surface area contributed by atoms with Crippen molar-refractivity contribution in [2.75, 3.05) is 13.1 Å². The quantitative estimate of drug-likeness (QED) is 0.254. The Labute approximate surface area is 180 Å². The van der Waals surface area contributed by atoms with Crippen LogP contribution in [0.3, 0.4) is 0 Å². The number of unbranched alkanes of at least 4 members (excludes halogenated alkanes) is 2. The smallest absolute Gasteiger partial charge is 0.312 e. The number of primary amides is 1. The fourth-order valence-corrected chi connectivity index (χ4v) is 2.67. The molecule has 6 N–H and O–H groups in total. The van der Waals surface area contributed by atoms with Crippen LogP contribution in [0.25, 0.3) is 0 Å². The van der Waals surface area contributed by atoms with Gasteiger partial charge >= 0.3 is 6.03 Å². The molecule has 0 aliphatic heterocycles. The molecule has 0 saturated carbocycles. The van der Waals surface area contributed by atoms with E-state index in [1.54, 1.807) is 19.9 Å². The first-order valence-electron chi connectivity index (χ1n) is 10.7. The molecule has 30 heavy (non-hydrogen) atoms. The first-order valence-corrected chi connectivity index (χ1v) is 10.7. The van der Waals surface area contributed by atoms with E-state index in [2.05, 4.69) is 35.1 Å². The summed E-state index contributed by atoms with van der Waals surface area (Å²) in [4.78, 5) is 47.2. The molecule has 0 aromatic carbocycles. The SMILES string of the molecule is C/C=C(\C)NC(=O)C(CCCNC(N)=O)NC(=O)CNC(=O)CCCCCC(C)C. The van der Waals surface area contributed by atoms with Gasteiger partial charge in [-0.25, -0.2) is 4.79 Å². The number of carbonyl (C=O) groups is 4. The van der Waals surface area contributed by atoms with Gasteiger partial charge in [0.2, 0.25) is 17.7 Å². The molecule has 0 saturated heterocycles. The Hall–Kier alpha value is -2.58. The van der Waals surface area contributed by atoms with Gasteiger partial charge in [-0.2, -0.15) is 0 Å². The van der Waals surface area contributed by atoms with Gasteiger partial charge in [0.15, 0.2) is 0 Å². The van der Waals surface area contributed by atoms with Crippen LogP contribution in [0.2, 0.25) is 0 Å². The standard InChI is InChI=1S/C21H39N5O4/c1-5-16(4)25-20(29)17(11-9-13-23-21(22)30)26-19(28)14-24-18(27)12-8-6-7-10-15(2)3/h5,15,17H,6-14H2,1-4H3,(H,24,27)(H,25,29)(H,26,28)(H3,22,23,30)/b16-5+. The summed E-state index contributed by atoms with van der Waals surface area (Å²) in [5.41, 5.74) is 5.69. The first-order chi connectivity index (χ1) is 14.1. The Bertz CT molecular complexity index is 590. The fourth-order valence-electron chi connectivity index (χ4n) is 2.67. The number of nitrogens with one attached hydrogen (secondary N) is 4. The summed E-state index contributed by atoms with van der Waals surface area (Å²) in [6.07, 6.45) is 6.93. The number of carbonyl (C=O) groups excluding carboxylic acids is 4. The number of amides is 5. The predicted octanol–water partition coefficient (Wildman–Crippen LogP) is 1.68. The second-order valence-corrected chi connectivity index (χ2v) is 7.78. The first kappa shape index (κ1) is 27.4. The molecule has 0 rings (SSSR count). The maximum atomic E-state index is 12.4. The van der Waals surface area contributed by atoms with Gasteiger partial charge in [0.05, 0.1) is 6.54 Å². The van der Waals surface area contributed by atoms with Gasteiger partial charge in [0, 0.05) is 18.7 Å². The van der Waals surface area contributed by atoms with Crippen molar-refractivity contribution in [3.63, 3.8) is 0 Å². The van der Waals surface area contributed by atoms with E-state index in [-0.39, 0.29) is 18.4 Å². The summed E-state index contributed by atoms with van der Waals surface area (Å²) in [6, 6.07) is -1.42. The zero-order valence-corrected chi connectivity index (χ0v) is 18.8. The average Bonchev–Trinajstić information content (AvgIpc) is 2.67. The molecule has 9 nitrogen and oxygen atoms in total. The van der Waals surface area contributed by atoms with E-state index in [4.69, 9.17) is 5.73 Å². The zero-order chi connectivity index (χ0) is 22.9. The van der Waals surface area contributed by atoms with Crippen LogP contribution in [0.1, 0.15) is 72.6 Å². The van der Waals surface area contributed by atoms with Crippen molar-refractivity contribution in [3.8, 4) is 0 Å². The average molecular weight is 426 g/mol. The van der Waals surface area contributed by atoms with Crippen molar-refractivity contribution in [3.05, 3.63) is 11.8 Å². The number of nitrogens with two attached hydrogens (primary N) is 1. The van der Waals surface area contributed by atoms with Gasteiger partial charge in [-0.1, -0.05) is 39.2 Å². The Balaban J connectivity index is 4.41. The third kappa shape index (κ3) is 15.4. The molecule has 1 unspecified atom stereocenters. The van der Waals surface area contributed by atoms with Crippen LogP contribution >= 0.6 is 0 Å². The van der Waals surface area contributed by atoms with Gasteiger partial charge in [-0.15, -0.1) is 0 Å². The lowest BCUT2D eigenvalue weighted by Gasteiger charge is -2.19. The minimum absolute atomic E-state index is 0.175. The highest BCUT2D eigenvalue weighted by atomic mass is 16.2. The number of allylic oxidation sites excluding steroid dienone is 2. The van der Waals surface area contributed by atoms with E-state index < -0.39 is 18.0 Å². The minimum Gasteiger partial charge on any atom is -0.352 e. The van der Waals surface area contributed by atoms with Crippen LogP contribution in [0, 0.1) is 5.92 Å². The summed E-state index contributed by atoms with van der Waals surface area (Å²) in [5, 5.41) is 10.4. The molecule has 0 aromatic heterocycles. The van der Waals surface area contributed by atoms with Crippen molar-refractivity contribution in [1.29, 1.82) is 0 Å². The van der Waals surface area contributed by atoms with Gasteiger partial charge in [-0.3, -0.25) is 14.4 Å². The molecule has 172 valence electrons. The summed E-state index contributed by atoms with van der Waals surface area (Å²) >= 11 is 0. The number of urea groups is 1. The molecule has 0 radical (unpaired) electrons. The summed E-state index contributed by atoms with van der Waals surface area (Å²) in [5.74, 6) is -0.305. The third-order valence-corrected chi connectivity index (χ3v) is 4.51. The van der Waals surface area contributed by atoms with Gasteiger partial charge in [0.1, 0.15) is 6.04 Å². The van der Waals surface area contributed by atoms with Crippen LogP contribution in [0.5, 0.6) is 0 Å². The molecule has 9 heteroatoms. The molecule has 0 aliphatic carbocycles. The normalized spacial score (nSPS) is 12.2. The van der Waals surface area contributed by atoms with Crippen LogP contribution in [-0.2, 0) is 14.4 Å². The Morgan fingerprint density at radius 1 is 0.933 bits per heavy atom. The maximum Gasteiger partial charge on any atom is 0.312 e. The molecule has 0 aliphatic rings. The zero-order valence-electron chi connectivity index (χ0n) is 18.8. The number of rotatable bonds is 15. The van der Waals surface area contributed by atoms with Crippen LogP contribution in [0.4, 0.5) is 4.79 Å². The summed E-state index contributed by atoms with van der Waals surface area (Å²) < 4.78 is 0. The lowest BCUT2D eigenvalue weighted by Crippen LogP contribution is -2.49. The Morgan fingerprint density at radius 2 is 1.63 bits per heavy atom. The monoisotopic (exact) mass is 425 g/mol.